The first-order valence-electron chi connectivity index (χ1n) is 7.37. The van der Waals surface area contributed by atoms with Gasteiger partial charge in [-0.15, -0.1) is 0 Å². The number of aryl methyl sites for hydroxylation is 1. The molecule has 0 bridgehead atoms. The van der Waals surface area contributed by atoms with Crippen molar-refractivity contribution in [2.45, 2.75) is 18.7 Å². The monoisotopic (exact) mass is 379 g/mol. The number of carbonyl (C=O) groups is 1. The van der Waals surface area contributed by atoms with Crippen LogP contribution >= 0.6 is 0 Å². The summed E-state index contributed by atoms with van der Waals surface area (Å²) in [5, 5.41) is 13.6. The molecule has 2 N–H and O–H groups in total. The number of benzene rings is 2. The molecule has 0 aliphatic carbocycles. The molecule has 138 valence electrons. The SMILES string of the molecule is COc1ccc(NC(C)=O)cc1NS(=O)(=O)c1ccc(C)c([N+](=O)[O-])c1. The van der Waals surface area contributed by atoms with Gasteiger partial charge in [0.2, 0.25) is 5.91 Å². The third-order valence-corrected chi connectivity index (χ3v) is 4.81. The summed E-state index contributed by atoms with van der Waals surface area (Å²) in [4.78, 5) is 21.3. The molecule has 2 aromatic carbocycles. The van der Waals surface area contributed by atoms with Crippen molar-refractivity contribution in [1.82, 2.24) is 0 Å². The van der Waals surface area contributed by atoms with Gasteiger partial charge >= 0.3 is 0 Å². The second-order valence-electron chi connectivity index (χ2n) is 5.41. The van der Waals surface area contributed by atoms with Crippen molar-refractivity contribution >= 4 is 33.0 Å². The maximum atomic E-state index is 12.6. The second-order valence-corrected chi connectivity index (χ2v) is 7.09. The molecule has 0 aromatic heterocycles. The zero-order valence-electron chi connectivity index (χ0n) is 14.3. The molecule has 0 saturated heterocycles. The third kappa shape index (κ3) is 4.28. The number of nitrogens with zero attached hydrogens (tertiary/aromatic N) is 1. The van der Waals surface area contributed by atoms with Crippen LogP contribution < -0.4 is 14.8 Å². The molecule has 0 unspecified atom stereocenters. The summed E-state index contributed by atoms with van der Waals surface area (Å²) >= 11 is 0. The van der Waals surface area contributed by atoms with Gasteiger partial charge in [0.25, 0.3) is 15.7 Å². The lowest BCUT2D eigenvalue weighted by Crippen LogP contribution is -2.15. The van der Waals surface area contributed by atoms with Crippen molar-refractivity contribution in [2.75, 3.05) is 17.1 Å². The van der Waals surface area contributed by atoms with Gasteiger partial charge in [-0.05, 0) is 31.2 Å². The van der Waals surface area contributed by atoms with Gasteiger partial charge in [-0.2, -0.15) is 0 Å². The molecule has 0 heterocycles. The van der Waals surface area contributed by atoms with Crippen LogP contribution in [0.25, 0.3) is 0 Å². The number of rotatable bonds is 6. The predicted molar refractivity (Wildman–Crippen MR) is 95.9 cm³/mol. The molecule has 2 rings (SSSR count). The first-order valence-corrected chi connectivity index (χ1v) is 8.86. The molecule has 0 atom stereocenters. The molecule has 0 saturated carbocycles. The van der Waals surface area contributed by atoms with E-state index in [1.54, 1.807) is 6.07 Å². The van der Waals surface area contributed by atoms with Crippen LogP contribution in [-0.2, 0) is 14.8 Å². The predicted octanol–water partition coefficient (Wildman–Crippen LogP) is 2.67. The summed E-state index contributed by atoms with van der Waals surface area (Å²) in [7, 11) is -2.75. The number of nitrogens with one attached hydrogen (secondary N) is 2. The number of amides is 1. The number of ether oxygens (including phenoxy) is 1. The second kappa shape index (κ2) is 7.40. The van der Waals surface area contributed by atoms with Crippen LogP contribution in [0.5, 0.6) is 5.75 Å². The number of hydrogen-bond acceptors (Lipinski definition) is 6. The fourth-order valence-corrected chi connectivity index (χ4v) is 3.31. The van der Waals surface area contributed by atoms with E-state index >= 15 is 0 Å². The normalized spacial score (nSPS) is 10.9. The molecule has 0 aliphatic heterocycles. The molecule has 0 aliphatic rings. The third-order valence-electron chi connectivity index (χ3n) is 3.45. The van der Waals surface area contributed by atoms with Gasteiger partial charge in [0.05, 0.1) is 22.6 Å². The number of methoxy groups -OCH3 is 1. The minimum Gasteiger partial charge on any atom is -0.495 e. The highest BCUT2D eigenvalue weighted by atomic mass is 32.2. The Balaban J connectivity index is 2.44. The maximum absolute atomic E-state index is 12.6. The van der Waals surface area contributed by atoms with E-state index in [9.17, 15) is 23.3 Å². The smallest absolute Gasteiger partial charge is 0.273 e. The Morgan fingerprint density at radius 1 is 1.19 bits per heavy atom. The number of anilines is 2. The molecule has 2 aromatic rings. The van der Waals surface area contributed by atoms with Gasteiger partial charge in [0.1, 0.15) is 5.75 Å². The largest absolute Gasteiger partial charge is 0.495 e. The Morgan fingerprint density at radius 3 is 2.46 bits per heavy atom. The standard InChI is InChI=1S/C16H17N3O6S/c1-10-4-6-13(9-15(10)19(21)22)26(23,24)18-14-8-12(17-11(2)20)5-7-16(14)25-3/h4-9,18H,1-3H3,(H,17,20). The lowest BCUT2D eigenvalue weighted by atomic mass is 10.2. The van der Waals surface area contributed by atoms with Crippen LogP contribution in [0, 0.1) is 17.0 Å². The average molecular weight is 379 g/mol. The fraction of sp³-hybridized carbons (Fsp3) is 0.188. The van der Waals surface area contributed by atoms with Gasteiger partial charge in [-0.3, -0.25) is 19.6 Å². The van der Waals surface area contributed by atoms with Crippen LogP contribution in [0.15, 0.2) is 41.3 Å². The van der Waals surface area contributed by atoms with Crippen molar-refractivity contribution in [2.24, 2.45) is 0 Å². The summed E-state index contributed by atoms with van der Waals surface area (Å²) in [6, 6.07) is 8.05. The highest BCUT2D eigenvalue weighted by Gasteiger charge is 2.21. The zero-order chi connectivity index (χ0) is 19.5. The quantitative estimate of drug-likeness (QED) is 0.587. The van der Waals surface area contributed by atoms with E-state index in [2.05, 4.69) is 10.0 Å². The van der Waals surface area contributed by atoms with Gasteiger partial charge in [-0.1, -0.05) is 6.07 Å². The number of nitro benzene ring substituents is 1. The summed E-state index contributed by atoms with van der Waals surface area (Å²) in [6.45, 7) is 2.83. The number of sulfonamides is 1. The van der Waals surface area contributed by atoms with Crippen LogP contribution in [0.3, 0.4) is 0 Å². The van der Waals surface area contributed by atoms with Crippen molar-refractivity contribution in [3.05, 3.63) is 52.1 Å². The first kappa shape index (κ1) is 19.2. The lowest BCUT2D eigenvalue weighted by Gasteiger charge is -2.14. The van der Waals surface area contributed by atoms with Crippen LogP contribution in [0.1, 0.15) is 12.5 Å². The van der Waals surface area contributed by atoms with Crippen molar-refractivity contribution < 1.29 is 22.9 Å². The van der Waals surface area contributed by atoms with Gasteiger partial charge in [0.15, 0.2) is 0 Å². The minimum absolute atomic E-state index is 0.0852. The Labute approximate surface area is 150 Å². The van der Waals surface area contributed by atoms with Gasteiger partial charge in [0, 0.05) is 24.2 Å². The fourth-order valence-electron chi connectivity index (χ4n) is 2.23. The first-order chi connectivity index (χ1) is 12.1. The molecular formula is C16H17N3O6S. The highest BCUT2D eigenvalue weighted by molar-refractivity contribution is 7.92. The van der Waals surface area contributed by atoms with Crippen LogP contribution in [-0.4, -0.2) is 26.4 Å². The molecule has 0 spiro atoms. The Kier molecular flexibility index (Phi) is 5.46. The van der Waals surface area contributed by atoms with E-state index in [1.807, 2.05) is 0 Å². The Bertz CT molecular complexity index is 972. The number of nitro groups is 1. The van der Waals surface area contributed by atoms with Crippen molar-refractivity contribution in [3.63, 3.8) is 0 Å². The topological polar surface area (TPSA) is 128 Å². The lowest BCUT2D eigenvalue weighted by molar-refractivity contribution is -0.385. The highest BCUT2D eigenvalue weighted by Crippen LogP contribution is 2.31. The van der Waals surface area contributed by atoms with Crippen molar-refractivity contribution in [3.8, 4) is 5.75 Å². The molecule has 10 heteroatoms. The van der Waals surface area contributed by atoms with E-state index in [-0.39, 0.29) is 27.9 Å². The zero-order valence-corrected chi connectivity index (χ0v) is 15.1. The molecule has 1 amide bonds. The molecule has 0 fully saturated rings. The number of hydrogen-bond donors (Lipinski definition) is 2. The van der Waals surface area contributed by atoms with Crippen LogP contribution in [0.2, 0.25) is 0 Å². The maximum Gasteiger partial charge on any atom is 0.273 e. The summed E-state index contributed by atoms with van der Waals surface area (Å²) in [5.74, 6) is -0.0950. The Morgan fingerprint density at radius 2 is 1.88 bits per heavy atom. The Hall–Kier alpha value is -3.14. The van der Waals surface area contributed by atoms with Crippen LogP contribution in [0.4, 0.5) is 17.1 Å². The van der Waals surface area contributed by atoms with E-state index in [0.717, 1.165) is 6.07 Å². The van der Waals surface area contributed by atoms with Crippen molar-refractivity contribution in [1.29, 1.82) is 0 Å². The molecule has 26 heavy (non-hydrogen) atoms. The minimum atomic E-state index is -4.11. The average Bonchev–Trinajstić information content (AvgIpc) is 2.54. The molecule has 0 radical (unpaired) electrons. The summed E-state index contributed by atoms with van der Waals surface area (Å²) in [5.41, 5.74) is 0.499. The van der Waals surface area contributed by atoms with E-state index in [1.165, 1.54) is 45.2 Å². The van der Waals surface area contributed by atoms with Gasteiger partial charge in [-0.25, -0.2) is 8.42 Å². The van der Waals surface area contributed by atoms with E-state index < -0.39 is 14.9 Å². The molecule has 9 nitrogen and oxygen atoms in total. The van der Waals surface area contributed by atoms with Gasteiger partial charge < -0.3 is 10.1 Å². The molecular weight excluding hydrogens is 362 g/mol. The van der Waals surface area contributed by atoms with E-state index in [0.29, 0.717) is 11.3 Å². The summed E-state index contributed by atoms with van der Waals surface area (Å²) in [6.07, 6.45) is 0. The number of carbonyl (C=O) groups excluding carboxylic acids is 1. The summed E-state index contributed by atoms with van der Waals surface area (Å²) < 4.78 is 32.7. The van der Waals surface area contributed by atoms with E-state index in [4.69, 9.17) is 4.74 Å².